The molecule has 1 unspecified atom stereocenters. The summed E-state index contributed by atoms with van der Waals surface area (Å²) in [6, 6.07) is 1.78. The Bertz CT molecular complexity index is 820. The van der Waals surface area contributed by atoms with Gasteiger partial charge >= 0.3 is 5.97 Å². The summed E-state index contributed by atoms with van der Waals surface area (Å²) in [5, 5.41) is 5.47. The first kappa shape index (κ1) is 17.7. The van der Waals surface area contributed by atoms with Gasteiger partial charge in [-0.25, -0.2) is 4.68 Å². The van der Waals surface area contributed by atoms with Crippen LogP contribution in [0.25, 0.3) is 5.65 Å². The molecule has 0 aliphatic carbocycles. The number of hydrogen-bond donors (Lipinski definition) is 0. The average Bonchev–Trinajstić information content (AvgIpc) is 2.86. The summed E-state index contributed by atoms with van der Waals surface area (Å²) < 4.78 is 8.76. The summed E-state index contributed by atoms with van der Waals surface area (Å²) in [5.74, 6) is -0.194. The summed E-state index contributed by atoms with van der Waals surface area (Å²) in [7, 11) is 1.42. The number of methoxy groups -OCH3 is 1. The molecule has 2 aromatic rings. The van der Waals surface area contributed by atoms with Crippen LogP contribution in [0, 0.1) is 4.77 Å². The zero-order chi connectivity index (χ0) is 17.3. The minimum absolute atomic E-state index is 0.136. The van der Waals surface area contributed by atoms with E-state index in [0.717, 1.165) is 25.8 Å². The van der Waals surface area contributed by atoms with Gasteiger partial charge in [-0.1, -0.05) is 29.6 Å². The molecule has 0 N–H and O–H groups in total. The van der Waals surface area contributed by atoms with E-state index in [1.54, 1.807) is 21.3 Å². The van der Waals surface area contributed by atoms with Crippen LogP contribution in [0.4, 0.5) is 0 Å². The fourth-order valence-corrected chi connectivity index (χ4v) is 3.81. The second-order valence-electron chi connectivity index (χ2n) is 5.87. The second-order valence-corrected chi connectivity index (χ2v) is 7.07. The predicted octanol–water partition coefficient (Wildman–Crippen LogP) is 3.55. The van der Waals surface area contributed by atoms with Crippen LogP contribution < -0.4 is 0 Å². The van der Waals surface area contributed by atoms with Crippen molar-refractivity contribution in [2.24, 2.45) is 0 Å². The number of aromatic nitrogens is 3. The third kappa shape index (κ3) is 3.59. The molecule has 0 bridgehead atoms. The van der Waals surface area contributed by atoms with Crippen LogP contribution in [-0.2, 0) is 16.2 Å². The minimum Gasteiger partial charge on any atom is -0.469 e. The van der Waals surface area contributed by atoms with Crippen molar-refractivity contribution in [2.75, 3.05) is 13.7 Å². The van der Waals surface area contributed by atoms with Crippen LogP contribution in [-0.4, -0.2) is 44.7 Å². The first-order valence-electron chi connectivity index (χ1n) is 7.74. The lowest BCUT2D eigenvalue weighted by Gasteiger charge is -2.34. The second kappa shape index (κ2) is 7.39. The van der Waals surface area contributed by atoms with Crippen LogP contribution in [0.15, 0.2) is 12.3 Å². The highest BCUT2D eigenvalue weighted by molar-refractivity contribution is 7.71. The quantitative estimate of drug-likeness (QED) is 0.591. The maximum Gasteiger partial charge on any atom is 0.307 e. The van der Waals surface area contributed by atoms with Gasteiger partial charge in [0, 0.05) is 18.8 Å². The first-order chi connectivity index (χ1) is 11.5. The molecule has 1 aliphatic heterocycles. The molecule has 9 heteroatoms. The van der Waals surface area contributed by atoms with Crippen LogP contribution in [0.2, 0.25) is 10.0 Å². The van der Waals surface area contributed by atoms with E-state index in [4.69, 9.17) is 40.2 Å². The number of nitrogens with zero attached hydrogens (tertiary/aromatic N) is 4. The van der Waals surface area contributed by atoms with Crippen molar-refractivity contribution in [3.05, 3.63) is 27.1 Å². The molecule has 6 nitrogen and oxygen atoms in total. The monoisotopic (exact) mass is 388 g/mol. The fraction of sp³-hybridized carbons (Fsp3) is 0.533. The van der Waals surface area contributed by atoms with Gasteiger partial charge in [-0.2, -0.15) is 0 Å². The molecule has 1 fully saturated rings. The van der Waals surface area contributed by atoms with E-state index >= 15 is 0 Å². The summed E-state index contributed by atoms with van der Waals surface area (Å²) in [4.78, 5) is 13.9. The van der Waals surface area contributed by atoms with Crippen molar-refractivity contribution in [3.63, 3.8) is 0 Å². The van der Waals surface area contributed by atoms with E-state index in [9.17, 15) is 4.79 Å². The molecule has 0 aromatic carbocycles. The molecule has 0 radical (unpaired) electrons. The van der Waals surface area contributed by atoms with E-state index in [1.807, 2.05) is 0 Å². The molecule has 0 saturated carbocycles. The van der Waals surface area contributed by atoms with Crippen molar-refractivity contribution in [1.82, 2.24) is 19.1 Å². The molecule has 2 aromatic heterocycles. The van der Waals surface area contributed by atoms with Crippen LogP contribution in [0.3, 0.4) is 0 Å². The number of ether oxygens (including phenoxy) is 1. The van der Waals surface area contributed by atoms with Crippen molar-refractivity contribution < 1.29 is 9.53 Å². The van der Waals surface area contributed by atoms with Gasteiger partial charge in [-0.3, -0.25) is 14.1 Å². The number of carbonyl (C=O) groups excluding carboxylic acids is 1. The summed E-state index contributed by atoms with van der Waals surface area (Å²) in [6.45, 7) is 1.40. The lowest BCUT2D eigenvalue weighted by atomic mass is 10.00. The maximum absolute atomic E-state index is 11.6. The Morgan fingerprint density at radius 3 is 3.00 bits per heavy atom. The largest absolute Gasteiger partial charge is 0.469 e. The van der Waals surface area contributed by atoms with Gasteiger partial charge in [0.1, 0.15) is 0 Å². The zero-order valence-electron chi connectivity index (χ0n) is 13.2. The molecular weight excluding hydrogens is 371 g/mol. The number of halogens is 2. The number of likely N-dealkylation sites (tertiary alicyclic amines) is 1. The summed E-state index contributed by atoms with van der Waals surface area (Å²) in [6.07, 6.45) is 5.24. The number of carbonyl (C=O) groups is 1. The number of fused-ring (bicyclic) bond motifs is 1. The van der Waals surface area contributed by atoms with E-state index in [2.05, 4.69) is 10.00 Å². The van der Waals surface area contributed by atoms with E-state index in [1.165, 1.54) is 7.11 Å². The van der Waals surface area contributed by atoms with Crippen molar-refractivity contribution >= 4 is 47.0 Å². The molecule has 1 aliphatic rings. The van der Waals surface area contributed by atoms with Gasteiger partial charge in [0.15, 0.2) is 5.65 Å². The van der Waals surface area contributed by atoms with Gasteiger partial charge in [0.2, 0.25) is 4.77 Å². The Kier molecular flexibility index (Phi) is 5.44. The smallest absolute Gasteiger partial charge is 0.307 e. The average molecular weight is 389 g/mol. The molecule has 24 heavy (non-hydrogen) atoms. The number of esters is 1. The molecular formula is C15H18Cl2N4O2S. The summed E-state index contributed by atoms with van der Waals surface area (Å²) >= 11 is 17.7. The Labute approximate surface area is 154 Å². The lowest BCUT2D eigenvalue weighted by Crippen LogP contribution is -2.42. The predicted molar refractivity (Wildman–Crippen MR) is 95.0 cm³/mol. The molecule has 1 atom stereocenters. The molecule has 0 spiro atoms. The highest BCUT2D eigenvalue weighted by Gasteiger charge is 2.26. The lowest BCUT2D eigenvalue weighted by molar-refractivity contribution is -0.142. The van der Waals surface area contributed by atoms with Crippen molar-refractivity contribution in [1.29, 1.82) is 0 Å². The van der Waals surface area contributed by atoms with Crippen molar-refractivity contribution in [2.45, 2.75) is 38.4 Å². The molecule has 0 amide bonds. The van der Waals surface area contributed by atoms with E-state index < -0.39 is 0 Å². The SMILES string of the molecule is COC(=O)CC1CCCCN1Cn1nc2c(Cl)cc(Cl)cn2c1=S. The van der Waals surface area contributed by atoms with E-state index in [-0.39, 0.29) is 12.0 Å². The molecule has 3 rings (SSSR count). The highest BCUT2D eigenvalue weighted by Crippen LogP contribution is 2.23. The van der Waals surface area contributed by atoms with Crippen LogP contribution in [0.1, 0.15) is 25.7 Å². The standard InChI is InChI=1S/C15H18Cl2N4O2S/c1-23-13(22)7-11-4-2-3-5-19(11)9-21-15(24)20-8-10(16)6-12(17)14(20)18-21/h6,8,11H,2-5,7,9H2,1H3. The first-order valence-corrected chi connectivity index (χ1v) is 8.91. The topological polar surface area (TPSA) is 51.8 Å². The molecule has 130 valence electrons. The third-order valence-corrected chi connectivity index (χ3v) is 5.19. The van der Waals surface area contributed by atoms with Crippen molar-refractivity contribution in [3.8, 4) is 0 Å². The van der Waals surface area contributed by atoms with E-state index in [0.29, 0.717) is 33.6 Å². The van der Waals surface area contributed by atoms with Gasteiger partial charge in [0.05, 0.1) is 30.2 Å². The fourth-order valence-electron chi connectivity index (χ4n) is 3.06. The Morgan fingerprint density at radius 2 is 2.25 bits per heavy atom. The normalized spacial score (nSPS) is 18.9. The van der Waals surface area contributed by atoms with Gasteiger partial charge in [0.25, 0.3) is 0 Å². The minimum atomic E-state index is -0.194. The zero-order valence-corrected chi connectivity index (χ0v) is 15.6. The van der Waals surface area contributed by atoms with Gasteiger partial charge < -0.3 is 4.74 Å². The van der Waals surface area contributed by atoms with Gasteiger partial charge in [-0.15, -0.1) is 5.10 Å². The number of hydrogen-bond acceptors (Lipinski definition) is 5. The highest BCUT2D eigenvalue weighted by atomic mass is 35.5. The number of pyridine rings is 1. The Hall–Kier alpha value is -1.15. The van der Waals surface area contributed by atoms with Crippen LogP contribution >= 0.6 is 35.4 Å². The number of rotatable bonds is 4. The maximum atomic E-state index is 11.6. The van der Waals surface area contributed by atoms with Crippen LogP contribution in [0.5, 0.6) is 0 Å². The van der Waals surface area contributed by atoms with Gasteiger partial charge in [-0.05, 0) is 31.1 Å². The molecule has 1 saturated heterocycles. The Morgan fingerprint density at radius 1 is 1.46 bits per heavy atom. The number of piperidine rings is 1. The molecule has 3 heterocycles. The third-order valence-electron chi connectivity index (χ3n) is 4.30. The summed E-state index contributed by atoms with van der Waals surface area (Å²) in [5.41, 5.74) is 0.576. The Balaban J connectivity index is 1.87.